The molecule has 0 aromatic carbocycles. The average Bonchev–Trinajstić information content (AvgIpc) is 1.81. The second-order valence-electron chi connectivity index (χ2n) is 1.61. The van der Waals surface area contributed by atoms with Crippen molar-refractivity contribution in [1.82, 2.24) is 0 Å². The Bertz CT molecular complexity index is 57.4. The van der Waals surface area contributed by atoms with Gasteiger partial charge in [0.2, 0.25) is 0 Å². The van der Waals surface area contributed by atoms with Crippen molar-refractivity contribution in [3.8, 4) is 0 Å². The molecule has 0 atom stereocenters. The highest BCUT2D eigenvalue weighted by Crippen LogP contribution is 1.86. The van der Waals surface area contributed by atoms with Crippen LogP contribution in [-0.2, 0) is 4.74 Å². The predicted octanol–water partition coefficient (Wildman–Crippen LogP) is 2.14. The quantitative estimate of drug-likeness (QED) is 0.401. The minimum atomic E-state index is 0.806. The summed E-state index contributed by atoms with van der Waals surface area (Å²) in [7, 11) is 0. The Morgan fingerprint density at radius 1 is 1.62 bits per heavy atom. The van der Waals surface area contributed by atoms with Crippen LogP contribution in [0.4, 0.5) is 0 Å². The standard InChI is InChI=1S/C7H13O/c1-3-5-7-8-6-4-2/h4H,3,5,7H2,1-2H3. The zero-order valence-corrected chi connectivity index (χ0v) is 5.61. The summed E-state index contributed by atoms with van der Waals surface area (Å²) in [5.74, 6) is 0. The van der Waals surface area contributed by atoms with Crippen LogP contribution >= 0.6 is 0 Å². The monoisotopic (exact) mass is 113 g/mol. The molecular weight excluding hydrogens is 100 g/mol. The molecule has 0 bridgehead atoms. The van der Waals surface area contributed by atoms with E-state index in [1.807, 2.05) is 6.92 Å². The van der Waals surface area contributed by atoms with E-state index in [1.165, 1.54) is 6.42 Å². The molecule has 0 heterocycles. The summed E-state index contributed by atoms with van der Waals surface area (Å²) in [4.78, 5) is 0. The van der Waals surface area contributed by atoms with Gasteiger partial charge in [0.25, 0.3) is 0 Å². The molecule has 0 rings (SSSR count). The first kappa shape index (κ1) is 7.54. The van der Waals surface area contributed by atoms with Gasteiger partial charge in [-0.2, -0.15) is 0 Å². The van der Waals surface area contributed by atoms with E-state index in [0.717, 1.165) is 13.0 Å². The van der Waals surface area contributed by atoms with Gasteiger partial charge < -0.3 is 4.74 Å². The summed E-state index contributed by atoms with van der Waals surface area (Å²) in [6, 6.07) is 0. The van der Waals surface area contributed by atoms with E-state index >= 15 is 0 Å². The zero-order chi connectivity index (χ0) is 6.24. The first-order valence-corrected chi connectivity index (χ1v) is 3.07. The fraction of sp³-hybridized carbons (Fsp3) is 0.714. The van der Waals surface area contributed by atoms with E-state index in [0.29, 0.717) is 0 Å². The number of unbranched alkanes of at least 4 members (excludes halogenated alkanes) is 1. The van der Waals surface area contributed by atoms with E-state index in [1.54, 1.807) is 6.08 Å². The lowest BCUT2D eigenvalue weighted by molar-refractivity contribution is 0.223. The molecule has 0 aliphatic carbocycles. The lowest BCUT2D eigenvalue weighted by atomic mass is 10.4. The molecule has 0 N–H and O–H groups in total. The van der Waals surface area contributed by atoms with Crippen molar-refractivity contribution in [1.29, 1.82) is 0 Å². The normalized spacial score (nSPS) is 10.2. The Morgan fingerprint density at radius 3 is 2.88 bits per heavy atom. The molecule has 47 valence electrons. The molecule has 1 nitrogen and oxygen atoms in total. The van der Waals surface area contributed by atoms with Crippen molar-refractivity contribution in [3.05, 3.63) is 12.3 Å². The lowest BCUT2D eigenvalue weighted by Crippen LogP contribution is -1.84. The third-order valence-electron chi connectivity index (χ3n) is 0.801. The minimum Gasteiger partial charge on any atom is -0.490 e. The highest BCUT2D eigenvalue weighted by Gasteiger charge is 1.78. The first-order valence-electron chi connectivity index (χ1n) is 3.07. The Balaban J connectivity index is 2.72. The van der Waals surface area contributed by atoms with E-state index in [-0.39, 0.29) is 0 Å². The van der Waals surface area contributed by atoms with Crippen LogP contribution < -0.4 is 0 Å². The van der Waals surface area contributed by atoms with Gasteiger partial charge in [-0.3, -0.25) is 0 Å². The second kappa shape index (κ2) is 6.54. The number of hydrogen-bond acceptors (Lipinski definition) is 1. The minimum absolute atomic E-state index is 0.806. The topological polar surface area (TPSA) is 9.23 Å². The molecular formula is C7H13O. The van der Waals surface area contributed by atoms with E-state index in [4.69, 9.17) is 4.74 Å². The number of ether oxygens (including phenoxy) is 1. The van der Waals surface area contributed by atoms with Crippen LogP contribution in [0.15, 0.2) is 6.08 Å². The Labute approximate surface area is 51.4 Å². The van der Waals surface area contributed by atoms with E-state index in [9.17, 15) is 0 Å². The molecule has 0 saturated carbocycles. The Hall–Kier alpha value is -0.460. The van der Waals surface area contributed by atoms with Crippen LogP contribution in [0.3, 0.4) is 0 Å². The van der Waals surface area contributed by atoms with Crippen LogP contribution in [0.1, 0.15) is 26.7 Å². The number of hydrogen-bond donors (Lipinski definition) is 0. The summed E-state index contributed by atoms with van der Waals surface area (Å²) in [5, 5.41) is 0. The van der Waals surface area contributed by atoms with Crippen LogP contribution in [0, 0.1) is 6.26 Å². The molecule has 0 unspecified atom stereocenters. The van der Waals surface area contributed by atoms with Gasteiger partial charge >= 0.3 is 0 Å². The molecule has 1 heteroatoms. The lowest BCUT2D eigenvalue weighted by Gasteiger charge is -1.93. The van der Waals surface area contributed by atoms with Gasteiger partial charge in [0.05, 0.1) is 6.61 Å². The molecule has 8 heavy (non-hydrogen) atoms. The molecule has 0 saturated heterocycles. The Kier molecular flexibility index (Phi) is 6.16. The maximum atomic E-state index is 4.92. The van der Waals surface area contributed by atoms with Gasteiger partial charge in [-0.05, 0) is 19.4 Å². The highest BCUT2D eigenvalue weighted by molar-refractivity contribution is 4.55. The predicted molar refractivity (Wildman–Crippen MR) is 34.3 cm³/mol. The maximum Gasteiger partial charge on any atom is 0.156 e. The fourth-order valence-electron chi connectivity index (χ4n) is 0.359. The maximum absolute atomic E-state index is 4.92. The second-order valence-corrected chi connectivity index (χ2v) is 1.61. The van der Waals surface area contributed by atoms with Crippen molar-refractivity contribution in [2.24, 2.45) is 0 Å². The van der Waals surface area contributed by atoms with Gasteiger partial charge in [0, 0.05) is 0 Å². The van der Waals surface area contributed by atoms with Crippen LogP contribution in [-0.4, -0.2) is 6.61 Å². The van der Waals surface area contributed by atoms with Crippen molar-refractivity contribution in [3.63, 3.8) is 0 Å². The summed E-state index contributed by atoms with van der Waals surface area (Å²) >= 11 is 0. The van der Waals surface area contributed by atoms with Gasteiger partial charge in [-0.25, -0.2) is 0 Å². The third-order valence-corrected chi connectivity index (χ3v) is 0.801. The van der Waals surface area contributed by atoms with Crippen molar-refractivity contribution in [2.45, 2.75) is 26.7 Å². The third kappa shape index (κ3) is 5.54. The Morgan fingerprint density at radius 2 is 2.38 bits per heavy atom. The molecule has 0 amide bonds. The molecule has 0 aliphatic rings. The van der Waals surface area contributed by atoms with E-state index < -0.39 is 0 Å². The van der Waals surface area contributed by atoms with Gasteiger partial charge in [-0.1, -0.05) is 13.3 Å². The first-order chi connectivity index (χ1) is 3.91. The molecule has 0 fully saturated rings. The largest absolute Gasteiger partial charge is 0.490 e. The fourth-order valence-corrected chi connectivity index (χ4v) is 0.359. The van der Waals surface area contributed by atoms with Gasteiger partial charge in [-0.15, -0.1) is 0 Å². The number of allylic oxidation sites excluding steroid dienone is 1. The van der Waals surface area contributed by atoms with Crippen molar-refractivity contribution in [2.75, 3.05) is 6.61 Å². The summed E-state index contributed by atoms with van der Waals surface area (Å²) in [5.41, 5.74) is 0. The van der Waals surface area contributed by atoms with Crippen LogP contribution in [0.25, 0.3) is 0 Å². The van der Waals surface area contributed by atoms with E-state index in [2.05, 4.69) is 13.2 Å². The molecule has 0 aliphatic heterocycles. The molecule has 1 radical (unpaired) electrons. The van der Waals surface area contributed by atoms with Crippen molar-refractivity contribution < 1.29 is 4.74 Å². The highest BCUT2D eigenvalue weighted by atomic mass is 16.5. The van der Waals surface area contributed by atoms with Crippen LogP contribution in [0.2, 0.25) is 0 Å². The van der Waals surface area contributed by atoms with Gasteiger partial charge in [0.15, 0.2) is 6.26 Å². The SMILES string of the molecule is C/C=[C]/OCCCC. The van der Waals surface area contributed by atoms with Crippen LogP contribution in [0.5, 0.6) is 0 Å². The molecule has 0 aromatic heterocycles. The van der Waals surface area contributed by atoms with Gasteiger partial charge in [0.1, 0.15) is 0 Å². The molecule has 0 aromatic rings. The van der Waals surface area contributed by atoms with Crippen molar-refractivity contribution >= 4 is 0 Å². The smallest absolute Gasteiger partial charge is 0.156 e. The molecule has 0 spiro atoms. The average molecular weight is 113 g/mol. The summed E-state index contributed by atoms with van der Waals surface area (Å²) < 4.78 is 4.92. The zero-order valence-electron chi connectivity index (χ0n) is 5.61. The summed E-state index contributed by atoms with van der Waals surface area (Å²) in [6.45, 7) is 4.84. The summed E-state index contributed by atoms with van der Waals surface area (Å²) in [6.07, 6.45) is 6.74. The number of rotatable bonds is 4.